The fraction of sp³-hybridized carbons (Fsp3) is 0.318. The zero-order valence-corrected chi connectivity index (χ0v) is 16.5. The summed E-state index contributed by atoms with van der Waals surface area (Å²) in [5.41, 5.74) is 4.34. The van der Waals surface area contributed by atoms with Gasteiger partial charge in [0.1, 0.15) is 5.82 Å². The van der Waals surface area contributed by atoms with E-state index in [1.807, 2.05) is 43.3 Å². The van der Waals surface area contributed by atoms with Crippen LogP contribution in [0.2, 0.25) is 0 Å². The monoisotopic (exact) mass is 377 g/mol. The maximum atomic E-state index is 12.6. The molecule has 0 N–H and O–H groups in total. The number of benzene rings is 2. The van der Waals surface area contributed by atoms with Gasteiger partial charge in [-0.2, -0.15) is 0 Å². The van der Waals surface area contributed by atoms with E-state index in [0.29, 0.717) is 11.7 Å². The Morgan fingerprint density at radius 3 is 2.56 bits per heavy atom. The standard InChI is InChI=1S/C22H23N3OS/c1-15-8-9-19(12-16(15)2)20(26)14-27-22-24-23-21(18-10-11-18)25(22)13-17-6-4-3-5-7-17/h3-9,12,18H,10-11,13-14H2,1-2H3. The van der Waals surface area contributed by atoms with E-state index in [2.05, 4.69) is 33.8 Å². The molecule has 1 fully saturated rings. The van der Waals surface area contributed by atoms with Gasteiger partial charge in [0.15, 0.2) is 10.9 Å². The Morgan fingerprint density at radius 2 is 1.85 bits per heavy atom. The van der Waals surface area contributed by atoms with Crippen LogP contribution in [0.15, 0.2) is 53.7 Å². The topological polar surface area (TPSA) is 47.8 Å². The Morgan fingerprint density at radius 1 is 1.07 bits per heavy atom. The van der Waals surface area contributed by atoms with Crippen LogP contribution in [0.25, 0.3) is 0 Å². The number of nitrogens with zero attached hydrogens (tertiary/aromatic N) is 3. The maximum absolute atomic E-state index is 12.6. The number of ketones is 1. The summed E-state index contributed by atoms with van der Waals surface area (Å²) in [5.74, 6) is 2.08. The number of Topliss-reactive ketones (excluding diaryl/α,β-unsaturated/α-hetero) is 1. The summed E-state index contributed by atoms with van der Waals surface area (Å²) in [7, 11) is 0. The van der Waals surface area contributed by atoms with Gasteiger partial charge < -0.3 is 4.57 Å². The van der Waals surface area contributed by atoms with Crippen LogP contribution in [0.3, 0.4) is 0 Å². The molecule has 0 unspecified atom stereocenters. The van der Waals surface area contributed by atoms with Crippen LogP contribution in [-0.2, 0) is 6.54 Å². The fourth-order valence-corrected chi connectivity index (χ4v) is 3.93. The smallest absolute Gasteiger partial charge is 0.191 e. The molecule has 0 amide bonds. The number of aryl methyl sites for hydroxylation is 2. The van der Waals surface area contributed by atoms with Gasteiger partial charge in [0.2, 0.25) is 0 Å². The SMILES string of the molecule is Cc1ccc(C(=O)CSc2nnc(C3CC3)n2Cc2ccccc2)cc1C. The van der Waals surface area contributed by atoms with Crippen LogP contribution in [-0.4, -0.2) is 26.3 Å². The lowest BCUT2D eigenvalue weighted by atomic mass is 10.0. The van der Waals surface area contributed by atoms with E-state index in [1.54, 1.807) is 0 Å². The van der Waals surface area contributed by atoms with Crippen molar-refractivity contribution in [1.29, 1.82) is 0 Å². The second-order valence-corrected chi connectivity index (χ2v) is 8.14. The third-order valence-electron chi connectivity index (χ3n) is 5.03. The Balaban J connectivity index is 1.51. The van der Waals surface area contributed by atoms with Crippen LogP contribution in [0.5, 0.6) is 0 Å². The molecular formula is C22H23N3OS. The number of aromatic nitrogens is 3. The van der Waals surface area contributed by atoms with Gasteiger partial charge >= 0.3 is 0 Å². The lowest BCUT2D eigenvalue weighted by Gasteiger charge is -2.10. The van der Waals surface area contributed by atoms with Crippen molar-refractivity contribution in [2.45, 2.75) is 44.3 Å². The molecule has 1 aromatic heterocycles. The first-order valence-electron chi connectivity index (χ1n) is 9.32. The molecule has 0 atom stereocenters. The molecule has 27 heavy (non-hydrogen) atoms. The summed E-state index contributed by atoms with van der Waals surface area (Å²) in [4.78, 5) is 12.6. The molecule has 0 saturated heterocycles. The van der Waals surface area contributed by atoms with Crippen molar-refractivity contribution in [3.63, 3.8) is 0 Å². The quantitative estimate of drug-likeness (QED) is 0.438. The number of rotatable bonds is 7. The van der Waals surface area contributed by atoms with E-state index in [0.717, 1.165) is 28.7 Å². The average molecular weight is 378 g/mol. The molecule has 0 spiro atoms. The first-order valence-corrected chi connectivity index (χ1v) is 10.3. The largest absolute Gasteiger partial charge is 0.301 e. The second-order valence-electron chi connectivity index (χ2n) is 7.20. The minimum absolute atomic E-state index is 0.130. The van der Waals surface area contributed by atoms with Crippen molar-refractivity contribution in [3.8, 4) is 0 Å². The van der Waals surface area contributed by atoms with E-state index in [1.165, 1.54) is 35.7 Å². The lowest BCUT2D eigenvalue weighted by molar-refractivity contribution is 0.102. The minimum Gasteiger partial charge on any atom is -0.301 e. The molecular weight excluding hydrogens is 354 g/mol. The Hall–Kier alpha value is -2.40. The Bertz CT molecular complexity index is 961. The summed E-state index contributed by atoms with van der Waals surface area (Å²) >= 11 is 1.49. The summed E-state index contributed by atoms with van der Waals surface area (Å²) < 4.78 is 2.19. The minimum atomic E-state index is 0.130. The normalized spacial score (nSPS) is 13.7. The molecule has 0 radical (unpaired) electrons. The van der Waals surface area contributed by atoms with Gasteiger partial charge in [-0.05, 0) is 49.4 Å². The van der Waals surface area contributed by atoms with Crippen LogP contribution >= 0.6 is 11.8 Å². The van der Waals surface area contributed by atoms with Gasteiger partial charge in [-0.15, -0.1) is 10.2 Å². The predicted octanol–water partition coefficient (Wildman–Crippen LogP) is 4.80. The van der Waals surface area contributed by atoms with Gasteiger partial charge in [0.05, 0.1) is 12.3 Å². The van der Waals surface area contributed by atoms with Gasteiger partial charge in [-0.25, -0.2) is 0 Å². The molecule has 2 aromatic carbocycles. The van der Waals surface area contributed by atoms with Gasteiger partial charge in [-0.1, -0.05) is 54.2 Å². The fourth-order valence-electron chi connectivity index (χ4n) is 3.09. The molecule has 0 aliphatic heterocycles. The van der Waals surface area contributed by atoms with E-state index < -0.39 is 0 Å². The van der Waals surface area contributed by atoms with E-state index in [9.17, 15) is 4.79 Å². The average Bonchev–Trinajstić information content (AvgIpc) is 3.45. The van der Waals surface area contributed by atoms with Crippen molar-refractivity contribution in [2.24, 2.45) is 0 Å². The van der Waals surface area contributed by atoms with Crippen LogP contribution in [0, 0.1) is 13.8 Å². The molecule has 1 aliphatic rings. The highest BCUT2D eigenvalue weighted by Gasteiger charge is 2.30. The molecule has 5 heteroatoms. The number of hydrogen-bond acceptors (Lipinski definition) is 4. The zero-order valence-electron chi connectivity index (χ0n) is 15.7. The summed E-state index contributed by atoms with van der Waals surface area (Å²) in [6, 6.07) is 16.2. The zero-order chi connectivity index (χ0) is 18.8. The van der Waals surface area contributed by atoms with Crippen molar-refractivity contribution in [3.05, 3.63) is 76.6 Å². The molecule has 1 saturated carbocycles. The van der Waals surface area contributed by atoms with Crippen LogP contribution < -0.4 is 0 Å². The molecule has 3 aromatic rings. The van der Waals surface area contributed by atoms with E-state index in [-0.39, 0.29) is 5.78 Å². The summed E-state index contributed by atoms with van der Waals surface area (Å²) in [5, 5.41) is 9.66. The lowest BCUT2D eigenvalue weighted by Crippen LogP contribution is -2.08. The first-order chi connectivity index (χ1) is 13.1. The molecule has 1 aliphatic carbocycles. The Labute approximate surface area is 164 Å². The molecule has 4 rings (SSSR count). The third kappa shape index (κ3) is 4.14. The molecule has 138 valence electrons. The highest BCUT2D eigenvalue weighted by atomic mass is 32.2. The highest BCUT2D eigenvalue weighted by Crippen LogP contribution is 2.40. The van der Waals surface area contributed by atoms with Gasteiger partial charge in [-0.3, -0.25) is 4.79 Å². The Kier molecular flexibility index (Phi) is 5.12. The van der Waals surface area contributed by atoms with E-state index >= 15 is 0 Å². The summed E-state index contributed by atoms with van der Waals surface area (Å²) in [6.07, 6.45) is 2.36. The number of hydrogen-bond donors (Lipinski definition) is 0. The van der Waals surface area contributed by atoms with Crippen LogP contribution in [0.4, 0.5) is 0 Å². The van der Waals surface area contributed by atoms with Crippen molar-refractivity contribution < 1.29 is 4.79 Å². The van der Waals surface area contributed by atoms with Crippen molar-refractivity contribution in [2.75, 3.05) is 5.75 Å². The maximum Gasteiger partial charge on any atom is 0.191 e. The number of carbonyl (C=O) groups is 1. The first kappa shape index (κ1) is 18.0. The molecule has 4 nitrogen and oxygen atoms in total. The number of thioether (sulfide) groups is 1. The van der Waals surface area contributed by atoms with Crippen molar-refractivity contribution in [1.82, 2.24) is 14.8 Å². The van der Waals surface area contributed by atoms with Gasteiger partial charge in [0, 0.05) is 11.5 Å². The van der Waals surface area contributed by atoms with E-state index in [4.69, 9.17) is 0 Å². The van der Waals surface area contributed by atoms with Gasteiger partial charge in [0.25, 0.3) is 0 Å². The predicted molar refractivity (Wildman–Crippen MR) is 109 cm³/mol. The molecule has 1 heterocycles. The summed E-state index contributed by atoms with van der Waals surface area (Å²) in [6.45, 7) is 4.85. The second kappa shape index (κ2) is 7.69. The third-order valence-corrected chi connectivity index (χ3v) is 6.00. The van der Waals surface area contributed by atoms with Crippen molar-refractivity contribution >= 4 is 17.5 Å². The molecule has 0 bridgehead atoms. The number of carbonyl (C=O) groups excluding carboxylic acids is 1. The highest BCUT2D eigenvalue weighted by molar-refractivity contribution is 7.99. The van der Waals surface area contributed by atoms with Crippen LogP contribution in [0.1, 0.15) is 51.6 Å².